The predicted molar refractivity (Wildman–Crippen MR) is 77.5 cm³/mol. The molecule has 0 aliphatic carbocycles. The Labute approximate surface area is 124 Å². The zero-order chi connectivity index (χ0) is 13.3. The number of nitrogens with two attached hydrogens (primary N) is 1. The summed E-state index contributed by atoms with van der Waals surface area (Å²) >= 11 is 6.80. The first-order chi connectivity index (χ1) is 8.51. The molecule has 2 rings (SSSR count). The van der Waals surface area contributed by atoms with Crippen LogP contribution in [0.15, 0.2) is 19.6 Å². The summed E-state index contributed by atoms with van der Waals surface area (Å²) < 4.78 is 13.1. The first kappa shape index (κ1) is 14.5. The molecule has 1 fully saturated rings. The topological polar surface area (TPSA) is 51.6 Å². The summed E-state index contributed by atoms with van der Waals surface area (Å²) in [5.74, 6) is 0.887. The third-order valence-electron chi connectivity index (χ3n) is 3.10. The van der Waals surface area contributed by atoms with Gasteiger partial charge in [-0.05, 0) is 51.8 Å². The number of halogens is 2. The number of hydrogen-bond acceptors (Lipinski definition) is 4. The summed E-state index contributed by atoms with van der Waals surface area (Å²) in [6, 6.07) is 2.08. The van der Waals surface area contributed by atoms with Gasteiger partial charge in [0.05, 0.1) is 22.7 Å². The van der Waals surface area contributed by atoms with Crippen molar-refractivity contribution in [3.8, 4) is 0 Å². The maximum Gasteiger partial charge on any atom is 0.183 e. The highest BCUT2D eigenvalue weighted by Gasteiger charge is 2.30. The fraction of sp³-hybridized carbons (Fsp3) is 0.667. The van der Waals surface area contributed by atoms with Crippen molar-refractivity contribution in [1.29, 1.82) is 0 Å². The van der Waals surface area contributed by atoms with Gasteiger partial charge in [-0.2, -0.15) is 0 Å². The quantitative estimate of drug-likeness (QED) is 0.874. The minimum absolute atomic E-state index is 0.0985. The maximum atomic E-state index is 5.91. The van der Waals surface area contributed by atoms with Crippen LogP contribution in [0.1, 0.15) is 25.6 Å². The van der Waals surface area contributed by atoms with Crippen LogP contribution in [0.5, 0.6) is 0 Å². The van der Waals surface area contributed by atoms with Crippen molar-refractivity contribution < 1.29 is 9.15 Å². The molecule has 1 saturated heterocycles. The smallest absolute Gasteiger partial charge is 0.183 e. The first-order valence-corrected chi connectivity index (χ1v) is 7.64. The summed E-state index contributed by atoms with van der Waals surface area (Å²) in [7, 11) is 0. The van der Waals surface area contributed by atoms with E-state index in [-0.39, 0.29) is 18.2 Å². The number of hydrogen-bond donors (Lipinski definition) is 1. The lowest BCUT2D eigenvalue weighted by Crippen LogP contribution is -2.48. The summed E-state index contributed by atoms with van der Waals surface area (Å²) in [4.78, 5) is 2.33. The van der Waals surface area contributed by atoms with Crippen molar-refractivity contribution in [2.24, 2.45) is 5.73 Å². The van der Waals surface area contributed by atoms with Gasteiger partial charge in [-0.15, -0.1) is 0 Å². The van der Waals surface area contributed by atoms with Crippen molar-refractivity contribution in [2.75, 3.05) is 19.6 Å². The minimum atomic E-state index is 0.0985. The Kier molecular flexibility index (Phi) is 4.88. The van der Waals surface area contributed by atoms with Gasteiger partial charge >= 0.3 is 0 Å². The highest BCUT2D eigenvalue weighted by molar-refractivity contribution is 9.13. The van der Waals surface area contributed by atoms with Crippen LogP contribution in [0.25, 0.3) is 0 Å². The lowest BCUT2D eigenvalue weighted by molar-refractivity contribution is -0.0819. The molecule has 4 nitrogen and oxygen atoms in total. The Morgan fingerprint density at radius 3 is 2.44 bits per heavy atom. The average Bonchev–Trinajstić information content (AvgIpc) is 2.58. The molecule has 0 spiro atoms. The number of nitrogens with zero attached hydrogens (tertiary/aromatic N) is 1. The fourth-order valence-corrected chi connectivity index (χ4v) is 3.05. The van der Waals surface area contributed by atoms with E-state index in [9.17, 15) is 0 Å². The predicted octanol–water partition coefficient (Wildman–Crippen LogP) is 2.91. The van der Waals surface area contributed by atoms with E-state index in [0.717, 1.165) is 23.3 Å². The van der Waals surface area contributed by atoms with Crippen LogP contribution in [0, 0.1) is 0 Å². The molecule has 3 atom stereocenters. The molecule has 2 N–H and O–H groups in total. The van der Waals surface area contributed by atoms with E-state index in [4.69, 9.17) is 14.9 Å². The summed E-state index contributed by atoms with van der Waals surface area (Å²) in [6.45, 7) is 6.46. The SMILES string of the molecule is C[C@@H]1CN(C(CN)c2cc(Br)c(Br)o2)C[C@H](C)O1. The van der Waals surface area contributed by atoms with E-state index in [1.54, 1.807) is 0 Å². The van der Waals surface area contributed by atoms with Gasteiger partial charge in [0.1, 0.15) is 5.76 Å². The Balaban J connectivity index is 2.17. The van der Waals surface area contributed by atoms with Crippen molar-refractivity contribution in [3.05, 3.63) is 21.0 Å². The van der Waals surface area contributed by atoms with E-state index in [1.165, 1.54) is 0 Å². The third-order valence-corrected chi connectivity index (χ3v) is 4.81. The molecular formula is C12H18Br2N2O2. The number of morpholine rings is 1. The summed E-state index contributed by atoms with van der Waals surface area (Å²) in [6.07, 6.45) is 0.453. The van der Waals surface area contributed by atoms with E-state index >= 15 is 0 Å². The monoisotopic (exact) mass is 380 g/mol. The van der Waals surface area contributed by atoms with Gasteiger partial charge in [0, 0.05) is 19.6 Å². The van der Waals surface area contributed by atoms with Gasteiger partial charge in [0.15, 0.2) is 4.67 Å². The highest BCUT2D eigenvalue weighted by atomic mass is 79.9. The van der Waals surface area contributed by atoms with Crippen LogP contribution >= 0.6 is 31.9 Å². The van der Waals surface area contributed by atoms with E-state index in [2.05, 4.69) is 50.6 Å². The van der Waals surface area contributed by atoms with Gasteiger partial charge in [0.2, 0.25) is 0 Å². The maximum absolute atomic E-state index is 5.91. The lowest BCUT2D eigenvalue weighted by Gasteiger charge is -2.39. The largest absolute Gasteiger partial charge is 0.451 e. The van der Waals surface area contributed by atoms with Crippen LogP contribution in [0.4, 0.5) is 0 Å². The van der Waals surface area contributed by atoms with Crippen LogP contribution in [-0.4, -0.2) is 36.7 Å². The molecule has 1 unspecified atom stereocenters. The lowest BCUT2D eigenvalue weighted by atomic mass is 10.1. The van der Waals surface area contributed by atoms with E-state index in [1.807, 2.05) is 6.07 Å². The molecule has 0 aromatic carbocycles. The van der Waals surface area contributed by atoms with Crippen LogP contribution in [0.3, 0.4) is 0 Å². The second-order valence-electron chi connectivity index (χ2n) is 4.73. The van der Waals surface area contributed by atoms with Gasteiger partial charge < -0.3 is 14.9 Å². The number of furan rings is 1. The third kappa shape index (κ3) is 3.17. The molecule has 1 aliphatic rings. The number of rotatable bonds is 3. The zero-order valence-corrected chi connectivity index (χ0v) is 13.7. The molecule has 2 heterocycles. The summed E-state index contributed by atoms with van der Waals surface area (Å²) in [5, 5.41) is 0. The van der Waals surface area contributed by atoms with Crippen molar-refractivity contribution in [1.82, 2.24) is 4.90 Å². The van der Waals surface area contributed by atoms with Gasteiger partial charge in [0.25, 0.3) is 0 Å². The van der Waals surface area contributed by atoms with Crippen molar-refractivity contribution in [3.63, 3.8) is 0 Å². The van der Waals surface area contributed by atoms with E-state index in [0.29, 0.717) is 11.2 Å². The van der Waals surface area contributed by atoms with Crippen molar-refractivity contribution in [2.45, 2.75) is 32.1 Å². The van der Waals surface area contributed by atoms with E-state index < -0.39 is 0 Å². The zero-order valence-electron chi connectivity index (χ0n) is 10.5. The molecule has 0 saturated carbocycles. The molecule has 1 aromatic heterocycles. The summed E-state index contributed by atoms with van der Waals surface area (Å²) in [5.41, 5.74) is 5.91. The second-order valence-corrected chi connectivity index (χ2v) is 6.31. The Morgan fingerprint density at radius 1 is 1.39 bits per heavy atom. The normalized spacial score (nSPS) is 27.4. The fourth-order valence-electron chi connectivity index (χ4n) is 2.44. The van der Waals surface area contributed by atoms with Crippen LogP contribution in [-0.2, 0) is 4.74 Å². The molecule has 0 radical (unpaired) electrons. The van der Waals surface area contributed by atoms with Crippen LogP contribution < -0.4 is 5.73 Å². The standard InChI is InChI=1S/C12H18Br2N2O2/c1-7-5-16(6-8(2)17-7)10(4-15)11-3-9(13)12(14)18-11/h3,7-8,10H,4-6,15H2,1-2H3/t7-,8+,10?. The molecule has 0 amide bonds. The Bertz CT molecular complexity index is 381. The minimum Gasteiger partial charge on any atom is -0.451 e. The molecular weight excluding hydrogens is 364 g/mol. The Morgan fingerprint density at radius 2 is 2.00 bits per heavy atom. The van der Waals surface area contributed by atoms with Gasteiger partial charge in [-0.25, -0.2) is 0 Å². The average molecular weight is 382 g/mol. The van der Waals surface area contributed by atoms with Crippen molar-refractivity contribution >= 4 is 31.9 Å². The molecule has 6 heteroatoms. The highest BCUT2D eigenvalue weighted by Crippen LogP contribution is 2.33. The molecule has 0 bridgehead atoms. The number of ether oxygens (including phenoxy) is 1. The molecule has 18 heavy (non-hydrogen) atoms. The Hall–Kier alpha value is 0.120. The van der Waals surface area contributed by atoms with Gasteiger partial charge in [-0.3, -0.25) is 4.90 Å². The van der Waals surface area contributed by atoms with Gasteiger partial charge in [-0.1, -0.05) is 0 Å². The second kappa shape index (κ2) is 6.05. The molecule has 1 aromatic rings. The molecule has 1 aliphatic heterocycles. The first-order valence-electron chi connectivity index (χ1n) is 6.05. The molecule has 102 valence electrons. The van der Waals surface area contributed by atoms with Crippen LogP contribution in [0.2, 0.25) is 0 Å².